The van der Waals surface area contributed by atoms with Gasteiger partial charge in [-0.05, 0) is 79.3 Å². The van der Waals surface area contributed by atoms with E-state index in [1.807, 2.05) is 30.3 Å². The zero-order chi connectivity index (χ0) is 21.3. The Balaban J connectivity index is 1.43. The highest BCUT2D eigenvalue weighted by Gasteiger charge is 2.11. The summed E-state index contributed by atoms with van der Waals surface area (Å²) >= 11 is 18.8. The van der Waals surface area contributed by atoms with Crippen LogP contribution in [0.1, 0.15) is 15.9 Å². The largest absolute Gasteiger partial charge is 0.332 e. The molecule has 1 aromatic heterocycles. The maximum absolute atomic E-state index is 12.3. The maximum Gasteiger partial charge on any atom is 0.257 e. The standard InChI is InChI=1S/C22H15Cl2N3OS2/c1-12-2-7-18-19(8-12)30-21(26-18)13-3-5-17(6-4-13)25-22(29)27-20(28)14-9-15(23)11-16(24)10-14/h2-11H,1H3,(H2,25,27,28,29). The Morgan fingerprint density at radius 1 is 1.00 bits per heavy atom. The van der Waals surface area contributed by atoms with Crippen molar-refractivity contribution in [1.82, 2.24) is 10.3 Å². The van der Waals surface area contributed by atoms with E-state index in [-0.39, 0.29) is 5.11 Å². The van der Waals surface area contributed by atoms with E-state index in [1.165, 1.54) is 17.7 Å². The van der Waals surface area contributed by atoms with E-state index in [0.29, 0.717) is 15.6 Å². The van der Waals surface area contributed by atoms with Gasteiger partial charge in [-0.2, -0.15) is 0 Å². The Hall–Kier alpha value is -2.51. The summed E-state index contributed by atoms with van der Waals surface area (Å²) in [6.07, 6.45) is 0. The van der Waals surface area contributed by atoms with E-state index in [9.17, 15) is 4.79 Å². The van der Waals surface area contributed by atoms with Crippen LogP contribution in [-0.4, -0.2) is 16.0 Å². The minimum Gasteiger partial charge on any atom is -0.332 e. The van der Waals surface area contributed by atoms with Crippen LogP contribution in [0.2, 0.25) is 10.0 Å². The number of aromatic nitrogens is 1. The van der Waals surface area contributed by atoms with Gasteiger partial charge in [0, 0.05) is 26.9 Å². The summed E-state index contributed by atoms with van der Waals surface area (Å²) in [5, 5.41) is 7.52. The van der Waals surface area contributed by atoms with Crippen LogP contribution in [0.25, 0.3) is 20.8 Å². The number of rotatable bonds is 3. The number of amides is 1. The number of aryl methyl sites for hydroxylation is 1. The van der Waals surface area contributed by atoms with Crippen LogP contribution in [-0.2, 0) is 0 Å². The van der Waals surface area contributed by atoms with E-state index in [1.54, 1.807) is 17.4 Å². The third-order valence-electron chi connectivity index (χ3n) is 4.29. The molecular weight excluding hydrogens is 457 g/mol. The number of carbonyl (C=O) groups is 1. The highest BCUT2D eigenvalue weighted by molar-refractivity contribution is 7.80. The van der Waals surface area contributed by atoms with Crippen molar-refractivity contribution in [3.05, 3.63) is 81.8 Å². The van der Waals surface area contributed by atoms with Gasteiger partial charge in [-0.15, -0.1) is 11.3 Å². The van der Waals surface area contributed by atoms with Crippen molar-refractivity contribution in [3.63, 3.8) is 0 Å². The Morgan fingerprint density at radius 3 is 2.40 bits per heavy atom. The summed E-state index contributed by atoms with van der Waals surface area (Å²) < 4.78 is 1.16. The highest BCUT2D eigenvalue weighted by Crippen LogP contribution is 2.31. The Labute approximate surface area is 192 Å². The smallest absolute Gasteiger partial charge is 0.257 e. The number of carbonyl (C=O) groups excluding carboxylic acids is 1. The quantitative estimate of drug-likeness (QED) is 0.326. The Morgan fingerprint density at radius 2 is 1.70 bits per heavy atom. The molecule has 0 atom stereocenters. The lowest BCUT2D eigenvalue weighted by Gasteiger charge is -2.10. The summed E-state index contributed by atoms with van der Waals surface area (Å²) in [6.45, 7) is 2.07. The van der Waals surface area contributed by atoms with Crippen LogP contribution in [0.4, 0.5) is 5.69 Å². The molecule has 4 nitrogen and oxygen atoms in total. The number of nitrogens with one attached hydrogen (secondary N) is 2. The second-order valence-corrected chi connectivity index (χ2v) is 8.95. The van der Waals surface area contributed by atoms with E-state index in [2.05, 4.69) is 29.7 Å². The number of fused-ring (bicyclic) bond motifs is 1. The average molecular weight is 472 g/mol. The van der Waals surface area contributed by atoms with Gasteiger partial charge in [0.15, 0.2) is 5.11 Å². The number of nitrogens with zero attached hydrogens (tertiary/aromatic N) is 1. The first-order valence-electron chi connectivity index (χ1n) is 8.93. The number of hydrogen-bond donors (Lipinski definition) is 2. The number of halogens is 2. The van der Waals surface area contributed by atoms with Gasteiger partial charge in [0.1, 0.15) is 5.01 Å². The number of anilines is 1. The van der Waals surface area contributed by atoms with Gasteiger partial charge < -0.3 is 5.32 Å². The molecule has 1 heterocycles. The molecule has 3 aromatic carbocycles. The molecule has 4 aromatic rings. The van der Waals surface area contributed by atoms with E-state index in [0.717, 1.165) is 26.5 Å². The molecule has 0 aliphatic carbocycles. The molecule has 150 valence electrons. The zero-order valence-electron chi connectivity index (χ0n) is 15.7. The highest BCUT2D eigenvalue weighted by atomic mass is 35.5. The molecule has 8 heteroatoms. The van der Waals surface area contributed by atoms with Gasteiger partial charge in [-0.3, -0.25) is 10.1 Å². The SMILES string of the molecule is Cc1ccc2nc(-c3ccc(NC(=S)NC(=O)c4cc(Cl)cc(Cl)c4)cc3)sc2c1. The summed E-state index contributed by atoms with van der Waals surface area (Å²) in [5.41, 5.74) is 4.31. The fraction of sp³-hybridized carbons (Fsp3) is 0.0455. The van der Waals surface area contributed by atoms with Gasteiger partial charge in [0.25, 0.3) is 5.91 Å². The molecule has 0 saturated carbocycles. The lowest BCUT2D eigenvalue weighted by molar-refractivity contribution is 0.0977. The van der Waals surface area contributed by atoms with Crippen LogP contribution in [0.3, 0.4) is 0 Å². The molecule has 30 heavy (non-hydrogen) atoms. The predicted molar refractivity (Wildman–Crippen MR) is 130 cm³/mol. The fourth-order valence-corrected chi connectivity index (χ4v) is 4.68. The minimum absolute atomic E-state index is 0.180. The first-order chi connectivity index (χ1) is 14.4. The first-order valence-corrected chi connectivity index (χ1v) is 10.9. The van der Waals surface area contributed by atoms with Gasteiger partial charge in [0.05, 0.1) is 10.2 Å². The molecule has 0 spiro atoms. The average Bonchev–Trinajstić information content (AvgIpc) is 3.10. The van der Waals surface area contributed by atoms with Crippen molar-refractivity contribution in [2.24, 2.45) is 0 Å². The topological polar surface area (TPSA) is 54.0 Å². The summed E-state index contributed by atoms with van der Waals surface area (Å²) in [5.74, 6) is -0.390. The monoisotopic (exact) mass is 471 g/mol. The molecule has 0 aliphatic heterocycles. The van der Waals surface area contributed by atoms with Crippen molar-refractivity contribution >= 4 is 73.7 Å². The molecule has 1 amide bonds. The third kappa shape index (κ3) is 4.79. The van der Waals surface area contributed by atoms with Crippen molar-refractivity contribution in [2.45, 2.75) is 6.92 Å². The van der Waals surface area contributed by atoms with E-state index in [4.69, 9.17) is 40.4 Å². The minimum atomic E-state index is -0.390. The van der Waals surface area contributed by atoms with Gasteiger partial charge in [0.2, 0.25) is 0 Å². The van der Waals surface area contributed by atoms with Crippen molar-refractivity contribution in [3.8, 4) is 10.6 Å². The summed E-state index contributed by atoms with van der Waals surface area (Å²) in [7, 11) is 0. The van der Waals surface area contributed by atoms with Crippen LogP contribution in [0, 0.1) is 6.92 Å². The fourth-order valence-electron chi connectivity index (χ4n) is 2.87. The molecule has 2 N–H and O–H groups in total. The van der Waals surface area contributed by atoms with Crippen LogP contribution < -0.4 is 10.6 Å². The van der Waals surface area contributed by atoms with E-state index >= 15 is 0 Å². The molecule has 0 saturated heterocycles. The van der Waals surface area contributed by atoms with Gasteiger partial charge in [-0.1, -0.05) is 29.3 Å². The Bertz CT molecular complexity index is 1250. The van der Waals surface area contributed by atoms with Crippen molar-refractivity contribution in [2.75, 3.05) is 5.32 Å². The van der Waals surface area contributed by atoms with Crippen LogP contribution in [0.15, 0.2) is 60.7 Å². The lowest BCUT2D eigenvalue weighted by atomic mass is 10.2. The normalized spacial score (nSPS) is 10.8. The molecular formula is C22H15Cl2N3OS2. The van der Waals surface area contributed by atoms with E-state index < -0.39 is 5.91 Å². The first kappa shape index (κ1) is 20.8. The second-order valence-electron chi connectivity index (χ2n) is 6.63. The molecule has 0 bridgehead atoms. The molecule has 0 radical (unpaired) electrons. The molecule has 0 aliphatic rings. The van der Waals surface area contributed by atoms with Crippen LogP contribution >= 0.6 is 46.8 Å². The maximum atomic E-state index is 12.3. The number of benzene rings is 3. The predicted octanol–water partition coefficient (Wildman–Crippen LogP) is 6.71. The number of hydrogen-bond acceptors (Lipinski definition) is 4. The summed E-state index contributed by atoms with van der Waals surface area (Å²) in [4.78, 5) is 17.0. The third-order valence-corrected chi connectivity index (χ3v) is 5.99. The second kappa shape index (κ2) is 8.70. The molecule has 0 fully saturated rings. The van der Waals surface area contributed by atoms with Crippen molar-refractivity contribution < 1.29 is 4.79 Å². The molecule has 0 unspecified atom stereocenters. The van der Waals surface area contributed by atoms with Crippen LogP contribution in [0.5, 0.6) is 0 Å². The van der Waals surface area contributed by atoms with Gasteiger partial charge in [-0.25, -0.2) is 4.98 Å². The van der Waals surface area contributed by atoms with Crippen molar-refractivity contribution in [1.29, 1.82) is 0 Å². The summed E-state index contributed by atoms with van der Waals surface area (Å²) in [6, 6.07) is 18.6. The number of thiazole rings is 1. The lowest BCUT2D eigenvalue weighted by Crippen LogP contribution is -2.34. The van der Waals surface area contributed by atoms with Gasteiger partial charge >= 0.3 is 0 Å². The Kier molecular flexibility index (Phi) is 6.01. The molecule has 4 rings (SSSR count). The zero-order valence-corrected chi connectivity index (χ0v) is 18.8. The number of thiocarbonyl (C=S) groups is 1.